The zero-order valence-electron chi connectivity index (χ0n) is 9.46. The van der Waals surface area contributed by atoms with Gasteiger partial charge in [0.1, 0.15) is 11.9 Å². The summed E-state index contributed by atoms with van der Waals surface area (Å²) in [4.78, 5) is 0. The van der Waals surface area contributed by atoms with Crippen LogP contribution in [0.2, 0.25) is 0 Å². The first-order valence-electron chi connectivity index (χ1n) is 6.08. The van der Waals surface area contributed by atoms with Crippen LogP contribution in [-0.2, 0) is 0 Å². The van der Waals surface area contributed by atoms with Crippen molar-refractivity contribution in [1.82, 2.24) is 5.32 Å². The van der Waals surface area contributed by atoms with Crippen molar-refractivity contribution in [1.29, 1.82) is 0 Å². The van der Waals surface area contributed by atoms with E-state index in [1.807, 2.05) is 0 Å². The molecule has 2 unspecified atom stereocenters. The van der Waals surface area contributed by atoms with Crippen LogP contribution in [0.15, 0.2) is 18.2 Å². The van der Waals surface area contributed by atoms with E-state index in [1.165, 1.54) is 18.9 Å². The average Bonchev–Trinajstić information content (AvgIpc) is 2.64. The lowest BCUT2D eigenvalue weighted by Gasteiger charge is -2.29. The Balaban J connectivity index is 1.68. The molecule has 2 saturated heterocycles. The number of fused-ring (bicyclic) bond motifs is 2. The molecule has 4 heteroatoms. The topological polar surface area (TPSA) is 21.3 Å². The van der Waals surface area contributed by atoms with E-state index in [0.29, 0.717) is 17.8 Å². The molecule has 0 radical (unpaired) electrons. The maximum atomic E-state index is 13.0. The molecule has 17 heavy (non-hydrogen) atoms. The van der Waals surface area contributed by atoms with Crippen LogP contribution < -0.4 is 10.1 Å². The van der Waals surface area contributed by atoms with Crippen molar-refractivity contribution in [3.8, 4) is 5.75 Å². The summed E-state index contributed by atoms with van der Waals surface area (Å²) < 4.78 is 31.5. The lowest BCUT2D eigenvalue weighted by molar-refractivity contribution is 0.136. The van der Waals surface area contributed by atoms with E-state index in [1.54, 1.807) is 0 Å². The van der Waals surface area contributed by atoms with Crippen LogP contribution in [-0.4, -0.2) is 18.2 Å². The monoisotopic (exact) mass is 239 g/mol. The third-order valence-corrected chi connectivity index (χ3v) is 3.62. The number of rotatable bonds is 2. The van der Waals surface area contributed by atoms with E-state index in [-0.39, 0.29) is 6.10 Å². The maximum Gasteiger partial charge on any atom is 0.162 e. The normalized spacial score (nSPS) is 31.5. The Morgan fingerprint density at radius 1 is 1.06 bits per heavy atom. The van der Waals surface area contributed by atoms with Gasteiger partial charge in [0.25, 0.3) is 0 Å². The molecule has 92 valence electrons. The van der Waals surface area contributed by atoms with Gasteiger partial charge in [0.2, 0.25) is 0 Å². The Hall–Kier alpha value is -1.16. The number of nitrogens with one attached hydrogen (secondary N) is 1. The van der Waals surface area contributed by atoms with E-state index in [4.69, 9.17) is 4.74 Å². The first-order valence-corrected chi connectivity index (χ1v) is 6.08. The van der Waals surface area contributed by atoms with E-state index < -0.39 is 11.6 Å². The molecule has 0 saturated carbocycles. The van der Waals surface area contributed by atoms with Gasteiger partial charge in [0.15, 0.2) is 11.6 Å². The summed E-state index contributed by atoms with van der Waals surface area (Å²) in [5.74, 6) is -1.25. The molecule has 3 rings (SSSR count). The minimum atomic E-state index is -0.848. The predicted molar refractivity (Wildman–Crippen MR) is 60.0 cm³/mol. The Bertz CT molecular complexity index is 412. The molecule has 2 nitrogen and oxygen atoms in total. The highest BCUT2D eigenvalue weighted by atomic mass is 19.2. The smallest absolute Gasteiger partial charge is 0.162 e. The fourth-order valence-corrected chi connectivity index (χ4v) is 2.84. The third-order valence-electron chi connectivity index (χ3n) is 3.62. The number of hydrogen-bond donors (Lipinski definition) is 1. The van der Waals surface area contributed by atoms with Crippen molar-refractivity contribution in [3.63, 3.8) is 0 Å². The molecular weight excluding hydrogens is 224 g/mol. The van der Waals surface area contributed by atoms with Gasteiger partial charge in [-0.05, 0) is 37.8 Å². The minimum absolute atomic E-state index is 0.124. The summed E-state index contributed by atoms with van der Waals surface area (Å²) in [5, 5.41) is 3.51. The molecule has 0 aromatic heterocycles. The summed E-state index contributed by atoms with van der Waals surface area (Å²) >= 11 is 0. The van der Waals surface area contributed by atoms with Crippen molar-refractivity contribution >= 4 is 0 Å². The molecule has 2 aliphatic heterocycles. The van der Waals surface area contributed by atoms with Gasteiger partial charge in [-0.1, -0.05) is 0 Å². The number of halogens is 2. The highest BCUT2D eigenvalue weighted by Gasteiger charge is 2.34. The number of hydrogen-bond acceptors (Lipinski definition) is 2. The highest BCUT2D eigenvalue weighted by Crippen LogP contribution is 2.29. The highest BCUT2D eigenvalue weighted by molar-refractivity contribution is 5.24. The van der Waals surface area contributed by atoms with E-state index in [0.717, 1.165) is 25.0 Å². The molecule has 0 spiro atoms. The van der Waals surface area contributed by atoms with Crippen LogP contribution >= 0.6 is 0 Å². The van der Waals surface area contributed by atoms with Gasteiger partial charge in [-0.15, -0.1) is 0 Å². The molecule has 2 heterocycles. The van der Waals surface area contributed by atoms with Gasteiger partial charge in [0, 0.05) is 18.2 Å². The van der Waals surface area contributed by atoms with Crippen molar-refractivity contribution in [3.05, 3.63) is 29.8 Å². The van der Waals surface area contributed by atoms with Crippen molar-refractivity contribution in [2.24, 2.45) is 0 Å². The zero-order chi connectivity index (χ0) is 11.8. The number of benzene rings is 1. The van der Waals surface area contributed by atoms with Gasteiger partial charge >= 0.3 is 0 Å². The van der Waals surface area contributed by atoms with Crippen molar-refractivity contribution in [2.45, 2.75) is 43.9 Å². The Morgan fingerprint density at radius 3 is 2.41 bits per heavy atom. The largest absolute Gasteiger partial charge is 0.490 e. The second kappa shape index (κ2) is 4.26. The van der Waals surface area contributed by atoms with Crippen LogP contribution in [0.5, 0.6) is 5.75 Å². The first-order chi connectivity index (χ1) is 8.20. The van der Waals surface area contributed by atoms with Gasteiger partial charge in [-0.25, -0.2) is 8.78 Å². The average molecular weight is 239 g/mol. The Labute approximate surface area is 99.0 Å². The van der Waals surface area contributed by atoms with E-state index in [9.17, 15) is 8.78 Å². The van der Waals surface area contributed by atoms with Crippen LogP contribution in [0.1, 0.15) is 25.7 Å². The van der Waals surface area contributed by atoms with Gasteiger partial charge < -0.3 is 10.1 Å². The van der Waals surface area contributed by atoms with Gasteiger partial charge in [-0.2, -0.15) is 0 Å². The lowest BCUT2D eigenvalue weighted by atomic mass is 10.0. The van der Waals surface area contributed by atoms with Crippen LogP contribution in [0.3, 0.4) is 0 Å². The van der Waals surface area contributed by atoms with Gasteiger partial charge in [0.05, 0.1) is 0 Å². The van der Waals surface area contributed by atoms with E-state index in [2.05, 4.69) is 5.32 Å². The van der Waals surface area contributed by atoms with Crippen LogP contribution in [0, 0.1) is 11.6 Å². The Morgan fingerprint density at radius 2 is 1.76 bits per heavy atom. The summed E-state index contributed by atoms with van der Waals surface area (Å²) in [7, 11) is 0. The summed E-state index contributed by atoms with van der Waals surface area (Å²) in [6, 6.07) is 4.79. The number of piperidine rings is 1. The fraction of sp³-hybridized carbons (Fsp3) is 0.538. The SMILES string of the molecule is Fc1ccc(OC2CC3CCC(C2)N3)cc1F. The number of ether oxygens (including phenoxy) is 1. The molecular formula is C13H15F2NO. The minimum Gasteiger partial charge on any atom is -0.490 e. The molecule has 2 atom stereocenters. The second-order valence-electron chi connectivity index (χ2n) is 4.93. The quantitative estimate of drug-likeness (QED) is 0.856. The van der Waals surface area contributed by atoms with Crippen molar-refractivity contribution in [2.75, 3.05) is 0 Å². The van der Waals surface area contributed by atoms with Gasteiger partial charge in [-0.3, -0.25) is 0 Å². The lowest BCUT2D eigenvalue weighted by Crippen LogP contribution is -2.42. The molecule has 0 aliphatic carbocycles. The van der Waals surface area contributed by atoms with Crippen molar-refractivity contribution < 1.29 is 13.5 Å². The second-order valence-corrected chi connectivity index (χ2v) is 4.93. The summed E-state index contributed by atoms with van der Waals surface area (Å²) in [6.45, 7) is 0. The van der Waals surface area contributed by atoms with E-state index >= 15 is 0 Å². The zero-order valence-corrected chi connectivity index (χ0v) is 9.46. The molecule has 2 aliphatic rings. The van der Waals surface area contributed by atoms with Crippen LogP contribution in [0.4, 0.5) is 8.78 Å². The Kier molecular flexibility index (Phi) is 2.74. The van der Waals surface area contributed by atoms with Crippen LogP contribution in [0.25, 0.3) is 0 Å². The molecule has 2 fully saturated rings. The predicted octanol–water partition coefficient (Wildman–Crippen LogP) is 2.63. The molecule has 2 bridgehead atoms. The molecule has 0 amide bonds. The molecule has 1 aromatic carbocycles. The summed E-state index contributed by atoms with van der Waals surface area (Å²) in [6.07, 6.45) is 4.42. The fourth-order valence-electron chi connectivity index (χ4n) is 2.84. The first kappa shape index (κ1) is 11.0. The molecule has 1 N–H and O–H groups in total. The standard InChI is InChI=1S/C13H15F2NO/c14-12-4-3-10(7-13(12)15)17-11-5-8-1-2-9(6-11)16-8/h3-4,7-9,11,16H,1-2,5-6H2. The molecule has 1 aromatic rings. The summed E-state index contributed by atoms with van der Waals surface area (Å²) in [5.41, 5.74) is 0. The maximum absolute atomic E-state index is 13.0. The third kappa shape index (κ3) is 2.27.